The van der Waals surface area contributed by atoms with E-state index in [0.29, 0.717) is 5.89 Å². The zero-order valence-corrected chi connectivity index (χ0v) is 8.84. The Labute approximate surface area is 85.7 Å². The van der Waals surface area contributed by atoms with Gasteiger partial charge in [-0.05, 0) is 12.1 Å². The first-order valence-electron chi connectivity index (χ1n) is 4.36. The second-order valence-electron chi connectivity index (χ2n) is 3.31. The molecule has 0 amide bonds. The monoisotopic (exact) mass is 209 g/mol. The van der Waals surface area contributed by atoms with Gasteiger partial charge in [-0.3, -0.25) is 0 Å². The van der Waals surface area contributed by atoms with Gasteiger partial charge in [0, 0.05) is 5.92 Å². The first kappa shape index (κ1) is 9.21. The maximum atomic E-state index is 5.61. The minimum atomic E-state index is 0.282. The van der Waals surface area contributed by atoms with E-state index < -0.39 is 0 Å². The Hall–Kier alpha value is -1.36. The fraction of sp³-hybridized carbons (Fsp3) is 0.333. The topological polar surface area (TPSA) is 64.9 Å². The van der Waals surface area contributed by atoms with Crippen LogP contribution in [0.2, 0.25) is 0 Å². The van der Waals surface area contributed by atoms with Gasteiger partial charge in [0.05, 0.1) is 9.88 Å². The Bertz CT molecular complexity index is 433. The van der Waals surface area contributed by atoms with E-state index in [9.17, 15) is 0 Å². The molecule has 2 heterocycles. The molecule has 74 valence electrons. The molecule has 0 radical (unpaired) electrons. The Morgan fingerprint density at radius 3 is 2.71 bits per heavy atom. The smallest absolute Gasteiger partial charge is 0.268 e. The quantitative estimate of drug-likeness (QED) is 0.825. The highest BCUT2D eigenvalue weighted by atomic mass is 32.1. The normalized spacial score (nSPS) is 11.1. The molecule has 2 aromatic heterocycles. The van der Waals surface area contributed by atoms with E-state index in [2.05, 4.69) is 10.1 Å². The van der Waals surface area contributed by atoms with Crippen LogP contribution in [0, 0.1) is 0 Å². The Balaban J connectivity index is 2.33. The van der Waals surface area contributed by atoms with Crippen LogP contribution in [-0.4, -0.2) is 10.1 Å². The summed E-state index contributed by atoms with van der Waals surface area (Å²) in [7, 11) is 0. The second-order valence-corrected chi connectivity index (χ2v) is 4.43. The van der Waals surface area contributed by atoms with Crippen LogP contribution < -0.4 is 5.73 Å². The molecule has 0 unspecified atom stereocenters. The molecule has 0 saturated heterocycles. The molecular formula is C9H11N3OS. The first-order chi connectivity index (χ1) is 6.66. The van der Waals surface area contributed by atoms with Gasteiger partial charge in [-0.2, -0.15) is 4.98 Å². The summed E-state index contributed by atoms with van der Waals surface area (Å²) in [4.78, 5) is 5.19. The molecule has 14 heavy (non-hydrogen) atoms. The third kappa shape index (κ3) is 1.63. The molecule has 0 aliphatic carbocycles. The van der Waals surface area contributed by atoms with E-state index in [0.717, 1.165) is 15.7 Å². The van der Waals surface area contributed by atoms with E-state index in [1.54, 1.807) is 0 Å². The molecule has 4 nitrogen and oxygen atoms in total. The van der Waals surface area contributed by atoms with Crippen molar-refractivity contribution in [2.45, 2.75) is 19.8 Å². The van der Waals surface area contributed by atoms with Crippen molar-refractivity contribution < 1.29 is 4.52 Å². The standard InChI is InChI=1S/C9H11N3OS/c1-5(2)8-11-9(13-12-8)6-3-4-7(10)14-6/h3-5H,10H2,1-2H3. The van der Waals surface area contributed by atoms with Crippen LogP contribution in [0.15, 0.2) is 16.7 Å². The van der Waals surface area contributed by atoms with Crippen LogP contribution in [0.3, 0.4) is 0 Å². The average molecular weight is 209 g/mol. The van der Waals surface area contributed by atoms with Crippen molar-refractivity contribution in [3.8, 4) is 10.8 Å². The number of nitrogen functional groups attached to an aromatic ring is 1. The predicted molar refractivity (Wildman–Crippen MR) is 56.1 cm³/mol. The number of thiophene rings is 1. The second kappa shape index (κ2) is 3.42. The molecule has 0 fully saturated rings. The maximum Gasteiger partial charge on any atom is 0.268 e. The van der Waals surface area contributed by atoms with E-state index in [1.165, 1.54) is 11.3 Å². The van der Waals surface area contributed by atoms with Gasteiger partial charge in [0.15, 0.2) is 5.82 Å². The molecule has 0 saturated carbocycles. The van der Waals surface area contributed by atoms with Crippen LogP contribution in [0.1, 0.15) is 25.6 Å². The van der Waals surface area contributed by atoms with Crippen LogP contribution in [0.25, 0.3) is 10.8 Å². The molecule has 5 heteroatoms. The molecule has 2 N–H and O–H groups in total. The van der Waals surface area contributed by atoms with Crippen molar-refractivity contribution >= 4 is 16.3 Å². The predicted octanol–water partition coefficient (Wildman–Crippen LogP) is 2.50. The summed E-state index contributed by atoms with van der Waals surface area (Å²) in [5.41, 5.74) is 5.61. The van der Waals surface area contributed by atoms with Gasteiger partial charge in [-0.1, -0.05) is 19.0 Å². The molecule has 0 aliphatic rings. The largest absolute Gasteiger partial charge is 0.391 e. The van der Waals surface area contributed by atoms with Gasteiger partial charge in [0.1, 0.15) is 0 Å². The lowest BCUT2D eigenvalue weighted by molar-refractivity contribution is 0.420. The van der Waals surface area contributed by atoms with Gasteiger partial charge in [-0.25, -0.2) is 0 Å². The lowest BCUT2D eigenvalue weighted by atomic mass is 10.2. The highest BCUT2D eigenvalue weighted by molar-refractivity contribution is 7.19. The molecule has 0 bridgehead atoms. The highest BCUT2D eigenvalue weighted by Gasteiger charge is 2.12. The van der Waals surface area contributed by atoms with Crippen molar-refractivity contribution in [2.24, 2.45) is 0 Å². The third-order valence-corrected chi connectivity index (χ3v) is 2.70. The van der Waals surface area contributed by atoms with Gasteiger partial charge >= 0.3 is 0 Å². The SMILES string of the molecule is CC(C)c1noc(-c2ccc(N)s2)n1. The Morgan fingerprint density at radius 2 is 2.21 bits per heavy atom. The van der Waals surface area contributed by atoms with Crippen LogP contribution in [-0.2, 0) is 0 Å². The molecule has 2 aromatic rings. The highest BCUT2D eigenvalue weighted by Crippen LogP contribution is 2.28. The summed E-state index contributed by atoms with van der Waals surface area (Å²) in [6, 6.07) is 3.72. The van der Waals surface area contributed by atoms with Crippen molar-refractivity contribution in [3.63, 3.8) is 0 Å². The van der Waals surface area contributed by atoms with Gasteiger partial charge in [0.2, 0.25) is 0 Å². The summed E-state index contributed by atoms with van der Waals surface area (Å²) in [6.07, 6.45) is 0. The lowest BCUT2D eigenvalue weighted by Gasteiger charge is -1.91. The van der Waals surface area contributed by atoms with Crippen LogP contribution >= 0.6 is 11.3 Å². The zero-order chi connectivity index (χ0) is 10.1. The molecule has 0 spiro atoms. The van der Waals surface area contributed by atoms with E-state index >= 15 is 0 Å². The fourth-order valence-electron chi connectivity index (χ4n) is 1.04. The summed E-state index contributed by atoms with van der Waals surface area (Å²) in [5, 5.41) is 4.64. The number of anilines is 1. The number of nitrogens with zero attached hydrogens (tertiary/aromatic N) is 2. The van der Waals surface area contributed by atoms with Gasteiger partial charge < -0.3 is 10.3 Å². The zero-order valence-electron chi connectivity index (χ0n) is 8.02. The Morgan fingerprint density at radius 1 is 1.43 bits per heavy atom. The van der Waals surface area contributed by atoms with E-state index in [1.807, 2.05) is 26.0 Å². The summed E-state index contributed by atoms with van der Waals surface area (Å²) >= 11 is 1.45. The van der Waals surface area contributed by atoms with Crippen molar-refractivity contribution in [1.29, 1.82) is 0 Å². The van der Waals surface area contributed by atoms with Crippen molar-refractivity contribution in [3.05, 3.63) is 18.0 Å². The maximum absolute atomic E-state index is 5.61. The number of hydrogen-bond donors (Lipinski definition) is 1. The fourth-order valence-corrected chi connectivity index (χ4v) is 1.73. The molecule has 0 aromatic carbocycles. The number of rotatable bonds is 2. The van der Waals surface area contributed by atoms with Crippen molar-refractivity contribution in [1.82, 2.24) is 10.1 Å². The van der Waals surface area contributed by atoms with Crippen LogP contribution in [0.4, 0.5) is 5.00 Å². The number of nitrogens with two attached hydrogens (primary N) is 1. The van der Waals surface area contributed by atoms with Gasteiger partial charge in [0.25, 0.3) is 5.89 Å². The van der Waals surface area contributed by atoms with Gasteiger partial charge in [-0.15, -0.1) is 11.3 Å². The summed E-state index contributed by atoms with van der Waals surface area (Å²) in [5.74, 6) is 1.56. The molecule has 0 aliphatic heterocycles. The third-order valence-electron chi connectivity index (χ3n) is 1.80. The minimum Gasteiger partial charge on any atom is -0.391 e. The van der Waals surface area contributed by atoms with E-state index in [-0.39, 0.29) is 5.92 Å². The lowest BCUT2D eigenvalue weighted by Crippen LogP contribution is -1.88. The minimum absolute atomic E-state index is 0.282. The summed E-state index contributed by atoms with van der Waals surface area (Å²) in [6.45, 7) is 4.05. The molecule has 0 atom stereocenters. The first-order valence-corrected chi connectivity index (χ1v) is 5.17. The number of aromatic nitrogens is 2. The Kier molecular flexibility index (Phi) is 2.25. The van der Waals surface area contributed by atoms with Crippen LogP contribution in [0.5, 0.6) is 0 Å². The molecular weight excluding hydrogens is 198 g/mol. The van der Waals surface area contributed by atoms with Crippen molar-refractivity contribution in [2.75, 3.05) is 5.73 Å². The summed E-state index contributed by atoms with van der Waals surface area (Å²) < 4.78 is 5.12. The number of hydrogen-bond acceptors (Lipinski definition) is 5. The average Bonchev–Trinajstić information content (AvgIpc) is 2.70. The van der Waals surface area contributed by atoms with E-state index in [4.69, 9.17) is 10.3 Å². The molecule has 2 rings (SSSR count).